The third kappa shape index (κ3) is 8.12. The van der Waals surface area contributed by atoms with Crippen LogP contribution in [0.3, 0.4) is 0 Å². The van der Waals surface area contributed by atoms with E-state index in [1.54, 1.807) is 47.6 Å². The predicted octanol–water partition coefficient (Wildman–Crippen LogP) is 4.58. The van der Waals surface area contributed by atoms with Gasteiger partial charge < -0.3 is 20.5 Å². The van der Waals surface area contributed by atoms with E-state index >= 15 is 0 Å². The lowest BCUT2D eigenvalue weighted by Crippen LogP contribution is -2.43. The zero-order valence-corrected chi connectivity index (χ0v) is 18.5. The van der Waals surface area contributed by atoms with E-state index in [2.05, 4.69) is 5.32 Å². The average molecular weight is 410 g/mol. The lowest BCUT2D eigenvalue weighted by Gasteiger charge is -2.29. The Labute approximate surface area is 172 Å². The molecule has 0 radical (unpaired) electrons. The summed E-state index contributed by atoms with van der Waals surface area (Å²) >= 11 is 4.88. The van der Waals surface area contributed by atoms with Crippen LogP contribution in [-0.2, 0) is 22.4 Å². The monoisotopic (exact) mass is 409 g/mol. The van der Waals surface area contributed by atoms with Gasteiger partial charge in [0, 0.05) is 5.69 Å². The number of thiocarbonyl (C=S) groups is 1. The lowest BCUT2D eigenvalue weighted by atomic mass is 10.0. The molecule has 3 N–H and O–H groups in total. The van der Waals surface area contributed by atoms with Crippen molar-refractivity contribution < 1.29 is 19.1 Å². The highest BCUT2D eigenvalue weighted by atomic mass is 32.1. The number of imide groups is 1. The van der Waals surface area contributed by atoms with Gasteiger partial charge in [-0.25, -0.2) is 14.5 Å². The van der Waals surface area contributed by atoms with E-state index in [1.165, 1.54) is 0 Å². The molecule has 28 heavy (non-hydrogen) atoms. The topological polar surface area (TPSA) is 93.9 Å². The van der Waals surface area contributed by atoms with Gasteiger partial charge in [0.05, 0.1) is 6.54 Å². The van der Waals surface area contributed by atoms with Gasteiger partial charge in [0.2, 0.25) is 0 Å². The lowest BCUT2D eigenvalue weighted by molar-refractivity contribution is -0.000279. The molecule has 7 nitrogen and oxygen atoms in total. The number of nitrogens with two attached hydrogens (primary N) is 1. The molecule has 1 rings (SSSR count). The molecule has 0 spiro atoms. The van der Waals surface area contributed by atoms with Gasteiger partial charge >= 0.3 is 12.2 Å². The van der Waals surface area contributed by atoms with Crippen molar-refractivity contribution in [1.82, 2.24) is 4.90 Å². The Bertz CT molecular complexity index is 708. The van der Waals surface area contributed by atoms with Gasteiger partial charge in [-0.2, -0.15) is 0 Å². The Hall–Kier alpha value is -2.35. The molecule has 0 saturated heterocycles. The molecule has 156 valence electrons. The standard InChI is InChI=1S/C20H31N3O4S/c1-8-13-9-10-15(22-16(21)28)11-14(13)12-23(17(24)26-19(2,3)4)18(25)27-20(5,6)7/h9-11H,8,12H2,1-7H3,(H3,21,22,28). The fraction of sp³-hybridized carbons (Fsp3) is 0.550. The number of rotatable bonds is 4. The summed E-state index contributed by atoms with van der Waals surface area (Å²) in [5, 5.41) is 2.99. The summed E-state index contributed by atoms with van der Waals surface area (Å²) in [4.78, 5) is 26.4. The molecule has 1 aromatic rings. The number of nitrogens with zero attached hydrogens (tertiary/aromatic N) is 1. The molecule has 0 aliphatic heterocycles. The highest BCUT2D eigenvalue weighted by Crippen LogP contribution is 2.22. The maximum Gasteiger partial charge on any atom is 0.420 e. The third-order valence-corrected chi connectivity index (χ3v) is 3.51. The summed E-state index contributed by atoms with van der Waals surface area (Å²) in [7, 11) is 0. The highest BCUT2D eigenvalue weighted by molar-refractivity contribution is 7.80. The second kappa shape index (κ2) is 9.23. The Morgan fingerprint density at radius 3 is 1.93 bits per heavy atom. The van der Waals surface area contributed by atoms with E-state index < -0.39 is 23.4 Å². The van der Waals surface area contributed by atoms with Gasteiger partial charge in [-0.15, -0.1) is 0 Å². The maximum atomic E-state index is 12.7. The fourth-order valence-electron chi connectivity index (χ4n) is 2.35. The van der Waals surface area contributed by atoms with Gasteiger partial charge in [0.15, 0.2) is 5.11 Å². The average Bonchev–Trinajstić information content (AvgIpc) is 2.48. The molecule has 8 heteroatoms. The number of carbonyl (C=O) groups excluding carboxylic acids is 2. The van der Waals surface area contributed by atoms with E-state index in [9.17, 15) is 9.59 Å². The Kier molecular flexibility index (Phi) is 7.81. The molecule has 0 heterocycles. The van der Waals surface area contributed by atoms with Gasteiger partial charge in [-0.3, -0.25) is 0 Å². The molecular weight excluding hydrogens is 378 g/mol. The predicted molar refractivity (Wildman–Crippen MR) is 114 cm³/mol. The van der Waals surface area contributed by atoms with Crippen molar-refractivity contribution in [3.63, 3.8) is 0 Å². The molecule has 2 amide bonds. The van der Waals surface area contributed by atoms with E-state index in [0.717, 1.165) is 22.4 Å². The summed E-state index contributed by atoms with van der Waals surface area (Å²) in [6, 6.07) is 5.55. The molecule has 0 aromatic heterocycles. The van der Waals surface area contributed by atoms with Gasteiger partial charge in [0.25, 0.3) is 0 Å². The van der Waals surface area contributed by atoms with Crippen molar-refractivity contribution in [3.05, 3.63) is 29.3 Å². The zero-order valence-electron chi connectivity index (χ0n) is 17.7. The molecule has 0 fully saturated rings. The molecule has 0 saturated carbocycles. The number of nitrogens with one attached hydrogen (secondary N) is 1. The number of carbonyl (C=O) groups is 2. The van der Waals surface area contributed by atoms with Crippen molar-refractivity contribution in [2.24, 2.45) is 5.73 Å². The van der Waals surface area contributed by atoms with Crippen LogP contribution in [0.2, 0.25) is 0 Å². The van der Waals surface area contributed by atoms with Crippen molar-refractivity contribution in [2.45, 2.75) is 72.6 Å². The quantitative estimate of drug-likeness (QED) is 0.703. The molecular formula is C20H31N3O4S. The van der Waals surface area contributed by atoms with E-state index in [0.29, 0.717) is 5.69 Å². The van der Waals surface area contributed by atoms with E-state index in [1.807, 2.05) is 19.1 Å². The minimum Gasteiger partial charge on any atom is -0.443 e. The first kappa shape index (κ1) is 23.7. The van der Waals surface area contributed by atoms with Crippen LogP contribution in [0.15, 0.2) is 18.2 Å². The molecule has 0 aliphatic rings. The summed E-state index contributed by atoms with van der Waals surface area (Å²) < 4.78 is 10.8. The summed E-state index contributed by atoms with van der Waals surface area (Å²) in [5.74, 6) is 0. The smallest absolute Gasteiger partial charge is 0.420 e. The van der Waals surface area contributed by atoms with Crippen LogP contribution < -0.4 is 11.1 Å². The van der Waals surface area contributed by atoms with E-state index in [4.69, 9.17) is 27.4 Å². The number of aryl methyl sites for hydroxylation is 1. The van der Waals surface area contributed by atoms with Crippen LogP contribution >= 0.6 is 12.2 Å². The molecule has 0 aliphatic carbocycles. The SMILES string of the molecule is CCc1ccc(NC(N)=S)cc1CN(C(=O)OC(C)(C)C)C(=O)OC(C)(C)C. The number of amides is 2. The molecule has 0 unspecified atom stereocenters. The normalized spacial score (nSPS) is 11.5. The Morgan fingerprint density at radius 1 is 1.04 bits per heavy atom. The Morgan fingerprint density at radius 2 is 1.54 bits per heavy atom. The van der Waals surface area contributed by atoms with Gasteiger partial charge in [-0.1, -0.05) is 13.0 Å². The highest BCUT2D eigenvalue weighted by Gasteiger charge is 2.31. The fourth-order valence-corrected chi connectivity index (χ4v) is 2.46. The summed E-state index contributed by atoms with van der Waals surface area (Å²) in [6.45, 7) is 12.4. The van der Waals surface area contributed by atoms with Crippen LogP contribution in [0.25, 0.3) is 0 Å². The van der Waals surface area contributed by atoms with Crippen LogP contribution in [0.5, 0.6) is 0 Å². The first-order valence-electron chi connectivity index (χ1n) is 9.13. The number of benzene rings is 1. The number of hydrogen-bond acceptors (Lipinski definition) is 5. The third-order valence-electron chi connectivity index (χ3n) is 3.41. The molecule has 0 bridgehead atoms. The van der Waals surface area contributed by atoms with Crippen LogP contribution in [-0.4, -0.2) is 33.4 Å². The first-order chi connectivity index (χ1) is 12.7. The maximum absolute atomic E-state index is 12.7. The first-order valence-corrected chi connectivity index (χ1v) is 9.54. The van der Waals surface area contributed by atoms with Gasteiger partial charge in [-0.05, 0) is 83.4 Å². The summed E-state index contributed by atoms with van der Waals surface area (Å²) in [5.41, 5.74) is 6.46. The number of hydrogen-bond donors (Lipinski definition) is 2. The van der Waals surface area contributed by atoms with Crippen molar-refractivity contribution in [1.29, 1.82) is 0 Å². The Balaban J connectivity index is 3.25. The minimum atomic E-state index is -0.767. The largest absolute Gasteiger partial charge is 0.443 e. The minimum absolute atomic E-state index is 0.000146. The second-order valence-electron chi connectivity index (χ2n) is 8.37. The van der Waals surface area contributed by atoms with Crippen molar-refractivity contribution in [2.75, 3.05) is 5.32 Å². The van der Waals surface area contributed by atoms with Gasteiger partial charge in [0.1, 0.15) is 11.2 Å². The number of anilines is 1. The van der Waals surface area contributed by atoms with Crippen LogP contribution in [0, 0.1) is 0 Å². The zero-order chi connectivity index (χ0) is 21.7. The van der Waals surface area contributed by atoms with Crippen LogP contribution in [0.1, 0.15) is 59.6 Å². The number of ether oxygens (including phenoxy) is 2. The molecule has 0 atom stereocenters. The van der Waals surface area contributed by atoms with E-state index in [-0.39, 0.29) is 11.7 Å². The van der Waals surface area contributed by atoms with Crippen molar-refractivity contribution >= 4 is 35.2 Å². The van der Waals surface area contributed by atoms with Crippen molar-refractivity contribution in [3.8, 4) is 0 Å². The second-order valence-corrected chi connectivity index (χ2v) is 8.81. The summed E-state index contributed by atoms with van der Waals surface area (Å²) in [6.07, 6.45) is -0.813. The molecule has 1 aromatic carbocycles. The van der Waals surface area contributed by atoms with Crippen LogP contribution in [0.4, 0.5) is 15.3 Å².